The van der Waals surface area contributed by atoms with Gasteiger partial charge >= 0.3 is 0 Å². The summed E-state index contributed by atoms with van der Waals surface area (Å²) in [5.41, 5.74) is 4.75. The molecule has 0 aliphatic heterocycles. The molecule has 2 N–H and O–H groups in total. The van der Waals surface area contributed by atoms with E-state index in [2.05, 4.69) is 13.8 Å². The first kappa shape index (κ1) is 9.97. The monoisotopic (exact) mass is 173 g/mol. The molecule has 0 aromatic rings. The molecule has 1 unspecified atom stereocenters. The van der Waals surface area contributed by atoms with Crippen LogP contribution < -0.4 is 5.73 Å². The second kappa shape index (κ2) is 3.33. The molecule has 0 aromatic heterocycles. The normalized spacial score (nSPS) is 43.5. The SMILES string of the molecule is CC(C)[C@@H]1CCCC(C)(F)[C@@H]1N. The molecule has 2 heteroatoms. The maximum Gasteiger partial charge on any atom is 0.123 e. The van der Waals surface area contributed by atoms with Crippen LogP contribution in [0.3, 0.4) is 0 Å². The third kappa shape index (κ3) is 1.79. The Labute approximate surface area is 74.5 Å². The lowest BCUT2D eigenvalue weighted by atomic mass is 9.72. The van der Waals surface area contributed by atoms with Crippen molar-refractivity contribution in [3.63, 3.8) is 0 Å². The van der Waals surface area contributed by atoms with E-state index in [9.17, 15) is 4.39 Å². The predicted molar refractivity (Wildman–Crippen MR) is 49.7 cm³/mol. The first-order valence-electron chi connectivity index (χ1n) is 4.89. The molecule has 1 fully saturated rings. The van der Waals surface area contributed by atoms with E-state index in [1.165, 1.54) is 0 Å². The van der Waals surface area contributed by atoms with E-state index in [0.29, 0.717) is 18.3 Å². The molecule has 1 aliphatic carbocycles. The van der Waals surface area contributed by atoms with E-state index in [-0.39, 0.29) is 6.04 Å². The average molecular weight is 173 g/mol. The lowest BCUT2D eigenvalue weighted by molar-refractivity contribution is 0.0480. The van der Waals surface area contributed by atoms with Crippen molar-refractivity contribution in [2.75, 3.05) is 0 Å². The fourth-order valence-corrected chi connectivity index (χ4v) is 2.22. The highest BCUT2D eigenvalue weighted by Crippen LogP contribution is 2.37. The highest BCUT2D eigenvalue weighted by molar-refractivity contribution is 4.95. The zero-order valence-corrected chi connectivity index (χ0v) is 8.31. The summed E-state index contributed by atoms with van der Waals surface area (Å²) in [6, 6.07) is -0.258. The van der Waals surface area contributed by atoms with Crippen LogP contribution in [0.1, 0.15) is 40.0 Å². The van der Waals surface area contributed by atoms with Crippen LogP contribution in [0, 0.1) is 11.8 Å². The predicted octanol–water partition coefficient (Wildman–Crippen LogP) is 2.50. The highest BCUT2D eigenvalue weighted by atomic mass is 19.1. The van der Waals surface area contributed by atoms with Crippen molar-refractivity contribution in [3.8, 4) is 0 Å². The second-order valence-electron chi connectivity index (χ2n) is 4.60. The Morgan fingerprint density at radius 2 is 2.08 bits per heavy atom. The van der Waals surface area contributed by atoms with Gasteiger partial charge in [0.2, 0.25) is 0 Å². The van der Waals surface area contributed by atoms with Crippen LogP contribution in [0.25, 0.3) is 0 Å². The molecule has 1 aliphatic rings. The molecule has 1 nitrogen and oxygen atoms in total. The van der Waals surface area contributed by atoms with Crippen molar-refractivity contribution in [2.24, 2.45) is 17.6 Å². The third-order valence-electron chi connectivity index (χ3n) is 3.22. The minimum atomic E-state index is -1.13. The molecule has 1 saturated carbocycles. The van der Waals surface area contributed by atoms with Gasteiger partial charge in [0.05, 0.1) is 0 Å². The van der Waals surface area contributed by atoms with E-state index in [0.717, 1.165) is 12.8 Å². The molecule has 12 heavy (non-hydrogen) atoms. The number of rotatable bonds is 1. The molecule has 0 spiro atoms. The Hall–Kier alpha value is -0.110. The first-order chi connectivity index (χ1) is 5.45. The van der Waals surface area contributed by atoms with Gasteiger partial charge in [0.15, 0.2) is 0 Å². The summed E-state index contributed by atoms with van der Waals surface area (Å²) < 4.78 is 13.8. The van der Waals surface area contributed by atoms with E-state index < -0.39 is 5.67 Å². The molecule has 0 saturated heterocycles. The van der Waals surface area contributed by atoms with Crippen LogP contribution in [-0.4, -0.2) is 11.7 Å². The van der Waals surface area contributed by atoms with Crippen molar-refractivity contribution >= 4 is 0 Å². The lowest BCUT2D eigenvalue weighted by Crippen LogP contribution is -2.51. The van der Waals surface area contributed by atoms with Gasteiger partial charge in [0.25, 0.3) is 0 Å². The summed E-state index contributed by atoms with van der Waals surface area (Å²) in [7, 11) is 0. The van der Waals surface area contributed by atoms with Crippen molar-refractivity contribution in [2.45, 2.75) is 51.7 Å². The zero-order chi connectivity index (χ0) is 9.35. The van der Waals surface area contributed by atoms with Crippen LogP contribution in [0.4, 0.5) is 4.39 Å². The van der Waals surface area contributed by atoms with Gasteiger partial charge in [0.1, 0.15) is 5.67 Å². The Morgan fingerprint density at radius 1 is 1.50 bits per heavy atom. The number of hydrogen-bond acceptors (Lipinski definition) is 1. The van der Waals surface area contributed by atoms with Crippen molar-refractivity contribution in [1.29, 1.82) is 0 Å². The van der Waals surface area contributed by atoms with Gasteiger partial charge in [-0.05, 0) is 38.0 Å². The van der Waals surface area contributed by atoms with Crippen LogP contribution in [0.5, 0.6) is 0 Å². The van der Waals surface area contributed by atoms with Gasteiger partial charge in [-0.2, -0.15) is 0 Å². The Bertz CT molecular complexity index is 154. The first-order valence-corrected chi connectivity index (χ1v) is 4.89. The summed E-state index contributed by atoms with van der Waals surface area (Å²) in [4.78, 5) is 0. The third-order valence-corrected chi connectivity index (χ3v) is 3.22. The number of alkyl halides is 1. The fraction of sp³-hybridized carbons (Fsp3) is 1.00. The van der Waals surface area contributed by atoms with Crippen LogP contribution in [0.15, 0.2) is 0 Å². The number of nitrogens with two attached hydrogens (primary N) is 1. The standard InChI is InChI=1S/C10H20FN/c1-7(2)8-5-4-6-10(3,11)9(8)12/h7-9H,4-6,12H2,1-3H3/t8-,9+,10?/m0/s1. The van der Waals surface area contributed by atoms with Gasteiger partial charge in [-0.1, -0.05) is 13.8 Å². The largest absolute Gasteiger partial charge is 0.325 e. The minimum Gasteiger partial charge on any atom is -0.325 e. The summed E-state index contributed by atoms with van der Waals surface area (Å²) in [5, 5.41) is 0. The summed E-state index contributed by atoms with van der Waals surface area (Å²) >= 11 is 0. The molecule has 0 bridgehead atoms. The molecule has 0 radical (unpaired) electrons. The van der Waals surface area contributed by atoms with Gasteiger partial charge in [-0.15, -0.1) is 0 Å². The molecule has 0 aromatic carbocycles. The van der Waals surface area contributed by atoms with E-state index in [4.69, 9.17) is 5.73 Å². The molecular weight excluding hydrogens is 153 g/mol. The maximum absolute atomic E-state index is 13.8. The Balaban J connectivity index is 2.66. The van der Waals surface area contributed by atoms with E-state index >= 15 is 0 Å². The molecule has 3 atom stereocenters. The summed E-state index contributed by atoms with van der Waals surface area (Å²) in [5.74, 6) is 0.879. The van der Waals surface area contributed by atoms with Crippen LogP contribution >= 0.6 is 0 Å². The van der Waals surface area contributed by atoms with E-state index in [1.54, 1.807) is 6.92 Å². The van der Waals surface area contributed by atoms with E-state index in [1.807, 2.05) is 0 Å². The summed E-state index contributed by atoms with van der Waals surface area (Å²) in [6.45, 7) is 5.91. The highest BCUT2D eigenvalue weighted by Gasteiger charge is 2.41. The molecule has 0 heterocycles. The van der Waals surface area contributed by atoms with Crippen LogP contribution in [-0.2, 0) is 0 Å². The van der Waals surface area contributed by atoms with Crippen molar-refractivity contribution < 1.29 is 4.39 Å². The minimum absolute atomic E-state index is 0.258. The maximum atomic E-state index is 13.8. The molecule has 1 rings (SSSR count). The van der Waals surface area contributed by atoms with Gasteiger partial charge < -0.3 is 5.73 Å². The summed E-state index contributed by atoms with van der Waals surface area (Å²) in [6.07, 6.45) is 2.72. The topological polar surface area (TPSA) is 26.0 Å². The number of halogens is 1. The van der Waals surface area contributed by atoms with Crippen LogP contribution in [0.2, 0.25) is 0 Å². The quantitative estimate of drug-likeness (QED) is 0.647. The fourth-order valence-electron chi connectivity index (χ4n) is 2.22. The van der Waals surface area contributed by atoms with Gasteiger partial charge in [-0.3, -0.25) is 0 Å². The van der Waals surface area contributed by atoms with Crippen molar-refractivity contribution in [3.05, 3.63) is 0 Å². The molecule has 72 valence electrons. The second-order valence-corrected chi connectivity index (χ2v) is 4.60. The molecular formula is C10H20FN. The lowest BCUT2D eigenvalue weighted by Gasteiger charge is -2.40. The Kier molecular flexibility index (Phi) is 2.77. The van der Waals surface area contributed by atoms with Gasteiger partial charge in [-0.25, -0.2) is 4.39 Å². The van der Waals surface area contributed by atoms with Gasteiger partial charge in [0, 0.05) is 6.04 Å². The number of hydrogen-bond donors (Lipinski definition) is 1. The smallest absolute Gasteiger partial charge is 0.123 e. The Morgan fingerprint density at radius 3 is 2.50 bits per heavy atom. The zero-order valence-electron chi connectivity index (χ0n) is 8.31. The molecule has 0 amide bonds. The van der Waals surface area contributed by atoms with Crippen molar-refractivity contribution in [1.82, 2.24) is 0 Å². The average Bonchev–Trinajstić information content (AvgIpc) is 1.94.